The van der Waals surface area contributed by atoms with Gasteiger partial charge in [0, 0.05) is 6.54 Å². The van der Waals surface area contributed by atoms with E-state index in [1.165, 1.54) is 12.8 Å². The highest BCUT2D eigenvalue weighted by atomic mass is 35.5. The van der Waals surface area contributed by atoms with Gasteiger partial charge in [0.2, 0.25) is 0 Å². The lowest BCUT2D eigenvalue weighted by Crippen LogP contribution is -2.00. The van der Waals surface area contributed by atoms with E-state index in [1.54, 1.807) is 0 Å². The van der Waals surface area contributed by atoms with Crippen molar-refractivity contribution in [2.24, 2.45) is 11.7 Å². The lowest BCUT2D eigenvalue weighted by Gasteiger charge is -2.05. The lowest BCUT2D eigenvalue weighted by molar-refractivity contribution is 0.299. The molecule has 2 rings (SSSR count). The minimum Gasteiger partial charge on any atom is -0.493 e. The molecule has 1 aromatic rings. The Balaban J connectivity index is 0.000000980. The van der Waals surface area contributed by atoms with Gasteiger partial charge < -0.3 is 10.5 Å². The Bertz CT molecular complexity index is 269. The van der Waals surface area contributed by atoms with E-state index in [1.807, 2.05) is 24.3 Å². The Morgan fingerprint density at radius 2 is 1.86 bits per heavy atom. The summed E-state index contributed by atoms with van der Waals surface area (Å²) in [6.45, 7) is 1.48. The lowest BCUT2D eigenvalue weighted by atomic mass is 10.2. The van der Waals surface area contributed by atoms with E-state index in [9.17, 15) is 0 Å². The molecule has 0 amide bonds. The first-order valence-corrected chi connectivity index (χ1v) is 4.80. The zero-order valence-electron chi connectivity index (χ0n) is 8.11. The van der Waals surface area contributed by atoms with E-state index in [0.717, 1.165) is 23.8 Å². The quantitative estimate of drug-likeness (QED) is 0.834. The fourth-order valence-electron chi connectivity index (χ4n) is 1.22. The summed E-state index contributed by atoms with van der Waals surface area (Å²) in [4.78, 5) is 0. The van der Waals surface area contributed by atoms with Gasteiger partial charge in [-0.2, -0.15) is 0 Å². The van der Waals surface area contributed by atoms with Crippen molar-refractivity contribution >= 4 is 12.4 Å². The molecule has 0 aromatic heterocycles. The van der Waals surface area contributed by atoms with Gasteiger partial charge in [0.25, 0.3) is 0 Å². The number of rotatable bonds is 4. The van der Waals surface area contributed by atoms with Crippen LogP contribution < -0.4 is 10.5 Å². The molecule has 0 radical (unpaired) electrons. The first-order chi connectivity index (χ1) is 6.38. The summed E-state index contributed by atoms with van der Waals surface area (Å²) in [5.74, 6) is 1.78. The van der Waals surface area contributed by atoms with Gasteiger partial charge in [-0.3, -0.25) is 0 Å². The fourth-order valence-corrected chi connectivity index (χ4v) is 1.22. The highest BCUT2D eigenvalue weighted by molar-refractivity contribution is 5.85. The van der Waals surface area contributed by atoms with Crippen LogP contribution in [0.4, 0.5) is 0 Å². The minimum absolute atomic E-state index is 0. The van der Waals surface area contributed by atoms with Gasteiger partial charge in [-0.1, -0.05) is 12.1 Å². The predicted octanol–water partition coefficient (Wildman–Crippen LogP) is 2.36. The maximum atomic E-state index is 5.59. The summed E-state index contributed by atoms with van der Waals surface area (Å²) in [7, 11) is 0. The molecule has 14 heavy (non-hydrogen) atoms. The third-order valence-electron chi connectivity index (χ3n) is 2.34. The second kappa shape index (κ2) is 5.23. The summed E-state index contributed by atoms with van der Waals surface area (Å²) in [6, 6.07) is 8.01. The van der Waals surface area contributed by atoms with Crippen molar-refractivity contribution in [3.63, 3.8) is 0 Å². The van der Waals surface area contributed by atoms with Gasteiger partial charge in [-0.05, 0) is 36.5 Å². The molecule has 0 atom stereocenters. The predicted molar refractivity (Wildman–Crippen MR) is 59.8 cm³/mol. The van der Waals surface area contributed by atoms with Crippen molar-refractivity contribution in [1.29, 1.82) is 0 Å². The van der Waals surface area contributed by atoms with Gasteiger partial charge in [0.1, 0.15) is 5.75 Å². The molecule has 3 heteroatoms. The Morgan fingerprint density at radius 1 is 1.21 bits per heavy atom. The molecule has 0 spiro atoms. The number of halogens is 1. The monoisotopic (exact) mass is 213 g/mol. The van der Waals surface area contributed by atoms with Crippen LogP contribution in [-0.2, 0) is 6.54 Å². The van der Waals surface area contributed by atoms with Crippen molar-refractivity contribution in [2.45, 2.75) is 19.4 Å². The molecule has 2 nitrogen and oxygen atoms in total. The number of hydrogen-bond donors (Lipinski definition) is 1. The topological polar surface area (TPSA) is 35.2 Å². The fraction of sp³-hybridized carbons (Fsp3) is 0.455. The van der Waals surface area contributed by atoms with E-state index in [-0.39, 0.29) is 12.4 Å². The zero-order chi connectivity index (χ0) is 9.10. The third-order valence-corrected chi connectivity index (χ3v) is 2.34. The van der Waals surface area contributed by atoms with Crippen LogP contribution in [0.15, 0.2) is 24.3 Å². The van der Waals surface area contributed by atoms with E-state index in [4.69, 9.17) is 10.5 Å². The summed E-state index contributed by atoms with van der Waals surface area (Å²) in [5.41, 5.74) is 6.64. The zero-order valence-corrected chi connectivity index (χ0v) is 8.93. The van der Waals surface area contributed by atoms with Crippen molar-refractivity contribution in [3.8, 4) is 5.75 Å². The van der Waals surface area contributed by atoms with Crippen LogP contribution in [0.25, 0.3) is 0 Å². The molecule has 0 bridgehead atoms. The van der Waals surface area contributed by atoms with Crippen LogP contribution in [0.3, 0.4) is 0 Å². The summed E-state index contributed by atoms with van der Waals surface area (Å²) in [5, 5.41) is 0. The molecule has 1 aromatic carbocycles. The van der Waals surface area contributed by atoms with Crippen LogP contribution in [0.1, 0.15) is 18.4 Å². The van der Waals surface area contributed by atoms with Crippen LogP contribution >= 0.6 is 12.4 Å². The molecule has 2 N–H and O–H groups in total. The molecule has 0 aliphatic heterocycles. The molecule has 1 aliphatic rings. The molecule has 0 heterocycles. The van der Waals surface area contributed by atoms with E-state index >= 15 is 0 Å². The van der Waals surface area contributed by atoms with Crippen LogP contribution in [0.5, 0.6) is 5.75 Å². The van der Waals surface area contributed by atoms with Crippen LogP contribution in [0, 0.1) is 5.92 Å². The second-order valence-corrected chi connectivity index (χ2v) is 3.60. The Kier molecular flexibility index (Phi) is 4.23. The number of hydrogen-bond acceptors (Lipinski definition) is 2. The smallest absolute Gasteiger partial charge is 0.119 e. The average Bonchev–Trinajstić information content (AvgIpc) is 2.99. The Labute approximate surface area is 90.9 Å². The molecule has 1 aliphatic carbocycles. The first-order valence-electron chi connectivity index (χ1n) is 4.80. The van der Waals surface area contributed by atoms with Crippen molar-refractivity contribution in [1.82, 2.24) is 0 Å². The number of nitrogens with two attached hydrogens (primary N) is 1. The Hall–Kier alpha value is -0.730. The van der Waals surface area contributed by atoms with E-state index < -0.39 is 0 Å². The van der Waals surface area contributed by atoms with Gasteiger partial charge >= 0.3 is 0 Å². The van der Waals surface area contributed by atoms with E-state index in [2.05, 4.69) is 0 Å². The normalized spacial score (nSPS) is 14.6. The van der Waals surface area contributed by atoms with Crippen LogP contribution in [-0.4, -0.2) is 6.61 Å². The maximum absolute atomic E-state index is 5.59. The van der Waals surface area contributed by atoms with Gasteiger partial charge in [-0.25, -0.2) is 0 Å². The van der Waals surface area contributed by atoms with Gasteiger partial charge in [-0.15, -0.1) is 12.4 Å². The average molecular weight is 214 g/mol. The first kappa shape index (κ1) is 11.3. The van der Waals surface area contributed by atoms with Crippen molar-refractivity contribution < 1.29 is 4.74 Å². The molecule has 0 saturated heterocycles. The summed E-state index contributed by atoms with van der Waals surface area (Å²) < 4.78 is 5.59. The maximum Gasteiger partial charge on any atom is 0.119 e. The highest BCUT2D eigenvalue weighted by Crippen LogP contribution is 2.29. The number of benzene rings is 1. The molecular weight excluding hydrogens is 198 g/mol. The highest BCUT2D eigenvalue weighted by Gasteiger charge is 2.21. The minimum atomic E-state index is 0. The number of ether oxygens (including phenoxy) is 1. The van der Waals surface area contributed by atoms with Gasteiger partial charge in [0.05, 0.1) is 6.61 Å². The molecule has 1 saturated carbocycles. The largest absolute Gasteiger partial charge is 0.493 e. The van der Waals surface area contributed by atoms with Crippen LogP contribution in [0.2, 0.25) is 0 Å². The summed E-state index contributed by atoms with van der Waals surface area (Å²) >= 11 is 0. The molecule has 0 unspecified atom stereocenters. The van der Waals surface area contributed by atoms with Gasteiger partial charge in [0.15, 0.2) is 0 Å². The third kappa shape index (κ3) is 3.20. The molecule has 78 valence electrons. The van der Waals surface area contributed by atoms with Crippen molar-refractivity contribution in [3.05, 3.63) is 29.8 Å². The standard InChI is InChI=1S/C11H15NO.ClH/c12-7-9-3-5-11(6-4-9)13-8-10-1-2-10;/h3-6,10H,1-2,7-8,12H2;1H. The molecular formula is C11H16ClNO. The van der Waals surface area contributed by atoms with Crippen molar-refractivity contribution in [2.75, 3.05) is 6.61 Å². The molecule has 1 fully saturated rings. The Morgan fingerprint density at radius 3 is 2.36 bits per heavy atom. The summed E-state index contributed by atoms with van der Waals surface area (Å²) in [6.07, 6.45) is 2.67. The second-order valence-electron chi connectivity index (χ2n) is 3.60. The SMILES string of the molecule is Cl.NCc1ccc(OCC2CC2)cc1. The van der Waals surface area contributed by atoms with E-state index in [0.29, 0.717) is 6.54 Å².